The van der Waals surface area contributed by atoms with Crippen molar-refractivity contribution < 1.29 is 9.18 Å². The molecule has 3 rings (SSSR count). The SMILES string of the molecule is N#CC(c1ccc(F)cc1)N1CCN(C(=O)c2ccncc2)CC1. The Morgan fingerprint density at radius 1 is 1.08 bits per heavy atom. The average Bonchev–Trinajstić information content (AvgIpc) is 2.64. The second-order valence-electron chi connectivity index (χ2n) is 5.65. The van der Waals surface area contributed by atoms with E-state index in [4.69, 9.17) is 0 Å². The predicted molar refractivity (Wildman–Crippen MR) is 86.5 cm³/mol. The Morgan fingerprint density at radius 2 is 1.71 bits per heavy atom. The lowest BCUT2D eigenvalue weighted by atomic mass is 10.1. The van der Waals surface area contributed by atoms with E-state index in [0.717, 1.165) is 5.56 Å². The van der Waals surface area contributed by atoms with Crippen LogP contribution in [0.5, 0.6) is 0 Å². The van der Waals surface area contributed by atoms with Gasteiger partial charge >= 0.3 is 0 Å². The van der Waals surface area contributed by atoms with Gasteiger partial charge in [-0.25, -0.2) is 4.39 Å². The van der Waals surface area contributed by atoms with Gasteiger partial charge in [-0.15, -0.1) is 0 Å². The molecule has 1 saturated heterocycles. The van der Waals surface area contributed by atoms with Crippen molar-refractivity contribution >= 4 is 5.91 Å². The van der Waals surface area contributed by atoms with E-state index >= 15 is 0 Å². The lowest BCUT2D eigenvalue weighted by molar-refractivity contribution is 0.0606. The average molecular weight is 324 g/mol. The maximum absolute atomic E-state index is 13.1. The molecule has 2 aromatic rings. The van der Waals surface area contributed by atoms with Crippen LogP contribution in [0.3, 0.4) is 0 Å². The molecule has 1 fully saturated rings. The first-order valence-electron chi connectivity index (χ1n) is 7.77. The van der Waals surface area contributed by atoms with Crippen LogP contribution in [0.1, 0.15) is 22.0 Å². The fourth-order valence-corrected chi connectivity index (χ4v) is 2.87. The molecule has 0 radical (unpaired) electrons. The van der Waals surface area contributed by atoms with E-state index in [2.05, 4.69) is 11.1 Å². The largest absolute Gasteiger partial charge is 0.336 e. The molecule has 5 nitrogen and oxygen atoms in total. The molecular formula is C18H17FN4O. The minimum Gasteiger partial charge on any atom is -0.336 e. The van der Waals surface area contributed by atoms with E-state index in [1.54, 1.807) is 41.6 Å². The molecule has 1 aliphatic heterocycles. The lowest BCUT2D eigenvalue weighted by Gasteiger charge is -2.37. The smallest absolute Gasteiger partial charge is 0.254 e. The second-order valence-corrected chi connectivity index (χ2v) is 5.65. The fraction of sp³-hybridized carbons (Fsp3) is 0.278. The van der Waals surface area contributed by atoms with Crippen LogP contribution in [0.15, 0.2) is 48.8 Å². The van der Waals surface area contributed by atoms with Crippen LogP contribution in [0.2, 0.25) is 0 Å². The standard InChI is InChI=1S/C18H17FN4O/c19-16-3-1-14(2-4-16)17(13-20)22-9-11-23(12-10-22)18(24)15-5-7-21-8-6-15/h1-8,17H,9-12H2. The summed E-state index contributed by atoms with van der Waals surface area (Å²) >= 11 is 0. The Labute approximate surface area is 139 Å². The first-order valence-corrected chi connectivity index (χ1v) is 7.77. The van der Waals surface area contributed by atoms with Gasteiger partial charge in [-0.05, 0) is 29.8 Å². The number of carbonyl (C=O) groups excluding carboxylic acids is 1. The summed E-state index contributed by atoms with van der Waals surface area (Å²) in [5.74, 6) is -0.337. The number of rotatable bonds is 3. The van der Waals surface area contributed by atoms with E-state index < -0.39 is 6.04 Å². The minimum atomic E-state index is -0.427. The zero-order chi connectivity index (χ0) is 16.9. The Hall–Kier alpha value is -2.78. The number of pyridine rings is 1. The van der Waals surface area contributed by atoms with Crippen molar-refractivity contribution in [3.05, 3.63) is 65.7 Å². The van der Waals surface area contributed by atoms with Crippen molar-refractivity contribution in [3.63, 3.8) is 0 Å². The van der Waals surface area contributed by atoms with Gasteiger partial charge in [-0.2, -0.15) is 5.26 Å². The van der Waals surface area contributed by atoms with Crippen molar-refractivity contribution in [2.45, 2.75) is 6.04 Å². The van der Waals surface area contributed by atoms with Crippen molar-refractivity contribution in [2.75, 3.05) is 26.2 Å². The van der Waals surface area contributed by atoms with Gasteiger partial charge in [-0.3, -0.25) is 14.7 Å². The second kappa shape index (κ2) is 7.20. The number of halogens is 1. The Balaban J connectivity index is 1.65. The summed E-state index contributed by atoms with van der Waals surface area (Å²) in [5, 5.41) is 9.48. The van der Waals surface area contributed by atoms with E-state index in [9.17, 15) is 14.4 Å². The van der Waals surface area contributed by atoms with Crippen LogP contribution in [0, 0.1) is 17.1 Å². The van der Waals surface area contributed by atoms with Crippen LogP contribution in [-0.4, -0.2) is 46.9 Å². The fourth-order valence-electron chi connectivity index (χ4n) is 2.87. The monoisotopic (exact) mass is 324 g/mol. The molecule has 1 unspecified atom stereocenters. The number of benzene rings is 1. The third-order valence-electron chi connectivity index (χ3n) is 4.20. The zero-order valence-electron chi connectivity index (χ0n) is 13.1. The number of piperazine rings is 1. The number of amides is 1. The normalized spacial score (nSPS) is 16.4. The van der Waals surface area contributed by atoms with Crippen molar-refractivity contribution in [2.24, 2.45) is 0 Å². The van der Waals surface area contributed by atoms with E-state index in [1.165, 1.54) is 12.1 Å². The summed E-state index contributed by atoms with van der Waals surface area (Å²) in [4.78, 5) is 20.1. The highest BCUT2D eigenvalue weighted by atomic mass is 19.1. The third kappa shape index (κ3) is 3.42. The molecule has 1 aromatic heterocycles. The molecule has 24 heavy (non-hydrogen) atoms. The Bertz CT molecular complexity index is 734. The summed E-state index contributed by atoms with van der Waals surface area (Å²) in [6, 6.07) is 11.2. The Kier molecular flexibility index (Phi) is 4.82. The van der Waals surface area contributed by atoms with Gasteiger partial charge in [0.1, 0.15) is 11.9 Å². The van der Waals surface area contributed by atoms with Gasteiger partial charge in [0.25, 0.3) is 5.91 Å². The van der Waals surface area contributed by atoms with Crippen LogP contribution in [0.25, 0.3) is 0 Å². The van der Waals surface area contributed by atoms with Crippen molar-refractivity contribution in [3.8, 4) is 6.07 Å². The highest BCUT2D eigenvalue weighted by Crippen LogP contribution is 2.22. The molecule has 0 aliphatic carbocycles. The third-order valence-corrected chi connectivity index (χ3v) is 4.20. The van der Waals surface area contributed by atoms with Gasteiger partial charge in [0.15, 0.2) is 0 Å². The number of carbonyl (C=O) groups is 1. The van der Waals surface area contributed by atoms with Crippen LogP contribution in [-0.2, 0) is 0 Å². The van der Waals surface area contributed by atoms with E-state index in [-0.39, 0.29) is 11.7 Å². The molecule has 0 saturated carbocycles. The maximum Gasteiger partial charge on any atom is 0.254 e. The van der Waals surface area contributed by atoms with Crippen LogP contribution in [0.4, 0.5) is 4.39 Å². The molecule has 2 heterocycles. The molecule has 0 N–H and O–H groups in total. The number of hydrogen-bond acceptors (Lipinski definition) is 4. The zero-order valence-corrected chi connectivity index (χ0v) is 13.1. The van der Waals surface area contributed by atoms with Crippen molar-refractivity contribution in [1.29, 1.82) is 5.26 Å². The first kappa shape index (κ1) is 16.1. The maximum atomic E-state index is 13.1. The van der Waals surface area contributed by atoms with Gasteiger partial charge in [-0.1, -0.05) is 12.1 Å². The summed E-state index contributed by atoms with van der Waals surface area (Å²) in [6.07, 6.45) is 3.20. The van der Waals surface area contributed by atoms with E-state index in [1.807, 2.05) is 4.90 Å². The number of nitriles is 1. The van der Waals surface area contributed by atoms with Gasteiger partial charge in [0, 0.05) is 44.1 Å². The molecule has 1 atom stereocenters. The van der Waals surface area contributed by atoms with Gasteiger partial charge in [0.2, 0.25) is 0 Å². The van der Waals surface area contributed by atoms with E-state index in [0.29, 0.717) is 31.7 Å². The topological polar surface area (TPSA) is 60.2 Å². The highest BCUT2D eigenvalue weighted by molar-refractivity contribution is 5.94. The molecule has 1 aliphatic rings. The van der Waals surface area contributed by atoms with Crippen molar-refractivity contribution in [1.82, 2.24) is 14.8 Å². The molecule has 6 heteroatoms. The summed E-state index contributed by atoms with van der Waals surface area (Å²) in [6.45, 7) is 2.32. The molecule has 1 amide bonds. The number of hydrogen-bond donors (Lipinski definition) is 0. The summed E-state index contributed by atoms with van der Waals surface area (Å²) in [7, 11) is 0. The number of nitrogens with zero attached hydrogens (tertiary/aromatic N) is 4. The van der Waals surface area contributed by atoms with Crippen LogP contribution < -0.4 is 0 Å². The number of aromatic nitrogens is 1. The molecular weight excluding hydrogens is 307 g/mol. The lowest BCUT2D eigenvalue weighted by Crippen LogP contribution is -2.49. The summed E-state index contributed by atoms with van der Waals surface area (Å²) in [5.41, 5.74) is 1.39. The van der Waals surface area contributed by atoms with Gasteiger partial charge < -0.3 is 4.90 Å². The predicted octanol–water partition coefficient (Wildman–Crippen LogP) is 2.24. The highest BCUT2D eigenvalue weighted by Gasteiger charge is 2.27. The molecule has 122 valence electrons. The van der Waals surface area contributed by atoms with Crippen LogP contribution >= 0.6 is 0 Å². The molecule has 0 bridgehead atoms. The van der Waals surface area contributed by atoms with Gasteiger partial charge in [0.05, 0.1) is 6.07 Å². The first-order chi connectivity index (χ1) is 11.7. The summed E-state index contributed by atoms with van der Waals surface area (Å²) < 4.78 is 13.1. The minimum absolute atomic E-state index is 0.0210. The molecule has 0 spiro atoms. The molecule has 1 aromatic carbocycles. The Morgan fingerprint density at radius 3 is 2.29 bits per heavy atom. The quantitative estimate of drug-likeness (QED) is 0.869.